The zero-order valence-corrected chi connectivity index (χ0v) is 12.5. The van der Waals surface area contributed by atoms with Gasteiger partial charge in [0.1, 0.15) is 5.60 Å². The topological polar surface area (TPSA) is 55.6 Å². The Hall–Kier alpha value is -1.40. The Morgan fingerprint density at radius 2 is 2.26 bits per heavy atom. The first-order valence-corrected chi connectivity index (χ1v) is 7.08. The number of aryl methyl sites for hydroxylation is 1. The summed E-state index contributed by atoms with van der Waals surface area (Å²) in [7, 11) is 0. The van der Waals surface area contributed by atoms with Crippen LogP contribution in [0.4, 0.5) is 0 Å². The molecule has 0 saturated carbocycles. The summed E-state index contributed by atoms with van der Waals surface area (Å²) in [5, 5.41) is 5.10. The lowest BCUT2D eigenvalue weighted by Gasteiger charge is -2.19. The van der Waals surface area contributed by atoms with Crippen molar-refractivity contribution in [2.75, 3.05) is 6.54 Å². The van der Waals surface area contributed by atoms with Crippen LogP contribution in [-0.4, -0.2) is 27.5 Å². The standard InChI is InChI=1S/C13H19N3O2S/c1-9-10(16-5-6-19-12(16)15-9)7-14-8-11(17)18-13(2,3)4/h5-6,14H,7-8H2,1-4H3. The molecule has 0 radical (unpaired) electrons. The maximum absolute atomic E-state index is 11.6. The molecule has 5 nitrogen and oxygen atoms in total. The molecule has 0 unspecified atom stereocenters. The first-order chi connectivity index (χ1) is 8.87. The highest BCUT2D eigenvalue weighted by Gasteiger charge is 2.16. The van der Waals surface area contributed by atoms with Gasteiger partial charge in [-0.2, -0.15) is 0 Å². The first kappa shape index (κ1) is 14.0. The molecule has 0 saturated heterocycles. The number of nitrogens with one attached hydrogen (secondary N) is 1. The Labute approximate surface area is 116 Å². The van der Waals surface area contributed by atoms with Crippen molar-refractivity contribution in [3.63, 3.8) is 0 Å². The van der Waals surface area contributed by atoms with Crippen molar-refractivity contribution >= 4 is 22.3 Å². The molecule has 2 rings (SSSR count). The van der Waals surface area contributed by atoms with Crippen molar-refractivity contribution in [1.82, 2.24) is 14.7 Å². The molecule has 0 bridgehead atoms. The largest absolute Gasteiger partial charge is 0.459 e. The molecular weight excluding hydrogens is 262 g/mol. The predicted molar refractivity (Wildman–Crippen MR) is 75.4 cm³/mol. The summed E-state index contributed by atoms with van der Waals surface area (Å²) in [5.74, 6) is -0.240. The summed E-state index contributed by atoms with van der Waals surface area (Å²) in [6.07, 6.45) is 1.99. The molecule has 104 valence electrons. The van der Waals surface area contributed by atoms with Crippen molar-refractivity contribution in [1.29, 1.82) is 0 Å². The van der Waals surface area contributed by atoms with E-state index in [1.54, 1.807) is 11.3 Å². The van der Waals surface area contributed by atoms with Crippen LogP contribution in [0.25, 0.3) is 4.96 Å². The number of nitrogens with zero attached hydrogens (tertiary/aromatic N) is 2. The average molecular weight is 281 g/mol. The van der Waals surface area contributed by atoms with Gasteiger partial charge in [0.2, 0.25) is 0 Å². The van der Waals surface area contributed by atoms with Crippen LogP contribution in [-0.2, 0) is 16.1 Å². The van der Waals surface area contributed by atoms with Crippen LogP contribution in [0.15, 0.2) is 11.6 Å². The normalized spacial score (nSPS) is 12.0. The van der Waals surface area contributed by atoms with Crippen molar-refractivity contribution in [2.24, 2.45) is 0 Å². The van der Waals surface area contributed by atoms with E-state index in [4.69, 9.17) is 4.74 Å². The van der Waals surface area contributed by atoms with E-state index in [1.165, 1.54) is 0 Å². The van der Waals surface area contributed by atoms with Gasteiger partial charge in [0, 0.05) is 18.1 Å². The van der Waals surface area contributed by atoms with Gasteiger partial charge in [-0.15, -0.1) is 11.3 Å². The molecule has 0 aliphatic heterocycles. The number of carbonyl (C=O) groups is 1. The maximum Gasteiger partial charge on any atom is 0.320 e. The van der Waals surface area contributed by atoms with Crippen LogP contribution in [0.2, 0.25) is 0 Å². The fourth-order valence-corrected chi connectivity index (χ4v) is 2.59. The highest BCUT2D eigenvalue weighted by atomic mass is 32.1. The summed E-state index contributed by atoms with van der Waals surface area (Å²) >= 11 is 1.60. The van der Waals surface area contributed by atoms with E-state index in [0.29, 0.717) is 6.54 Å². The molecule has 0 aliphatic rings. The number of imidazole rings is 1. The number of ether oxygens (including phenoxy) is 1. The summed E-state index contributed by atoms with van der Waals surface area (Å²) in [5.41, 5.74) is 1.63. The van der Waals surface area contributed by atoms with E-state index in [-0.39, 0.29) is 12.5 Å². The van der Waals surface area contributed by atoms with Gasteiger partial charge in [-0.3, -0.25) is 9.20 Å². The fourth-order valence-electron chi connectivity index (χ4n) is 1.81. The lowest BCUT2D eigenvalue weighted by atomic mass is 10.2. The zero-order valence-electron chi connectivity index (χ0n) is 11.7. The second-order valence-corrected chi connectivity index (χ2v) is 6.26. The van der Waals surface area contributed by atoms with Gasteiger partial charge in [-0.1, -0.05) is 0 Å². The van der Waals surface area contributed by atoms with E-state index >= 15 is 0 Å². The molecule has 2 aromatic rings. The van der Waals surface area contributed by atoms with E-state index in [9.17, 15) is 4.79 Å². The van der Waals surface area contributed by atoms with E-state index < -0.39 is 5.60 Å². The third-order valence-corrected chi connectivity index (χ3v) is 3.30. The minimum absolute atomic E-state index is 0.202. The molecule has 2 aromatic heterocycles. The Balaban J connectivity index is 1.91. The Morgan fingerprint density at radius 3 is 2.95 bits per heavy atom. The molecule has 0 fully saturated rings. The van der Waals surface area contributed by atoms with Crippen molar-refractivity contribution in [2.45, 2.75) is 39.8 Å². The lowest BCUT2D eigenvalue weighted by molar-refractivity contribution is -0.153. The van der Waals surface area contributed by atoms with Crippen LogP contribution >= 0.6 is 11.3 Å². The average Bonchev–Trinajstić information content (AvgIpc) is 2.78. The van der Waals surface area contributed by atoms with E-state index in [1.807, 2.05) is 43.7 Å². The highest BCUT2D eigenvalue weighted by molar-refractivity contribution is 7.15. The van der Waals surface area contributed by atoms with Crippen molar-refractivity contribution in [3.8, 4) is 0 Å². The summed E-state index contributed by atoms with van der Waals surface area (Å²) in [4.78, 5) is 17.0. The molecule has 0 aromatic carbocycles. The van der Waals surface area contributed by atoms with Gasteiger partial charge >= 0.3 is 5.97 Å². The number of fused-ring (bicyclic) bond motifs is 1. The number of thiazole rings is 1. The monoisotopic (exact) mass is 281 g/mol. The molecule has 0 spiro atoms. The van der Waals surface area contributed by atoms with Gasteiger partial charge < -0.3 is 10.1 Å². The van der Waals surface area contributed by atoms with Crippen LogP contribution in [0.3, 0.4) is 0 Å². The van der Waals surface area contributed by atoms with Gasteiger partial charge in [0.15, 0.2) is 4.96 Å². The van der Waals surface area contributed by atoms with Gasteiger partial charge in [-0.25, -0.2) is 4.98 Å². The zero-order chi connectivity index (χ0) is 14.0. The third-order valence-electron chi connectivity index (χ3n) is 2.54. The number of carbonyl (C=O) groups excluding carboxylic acids is 1. The maximum atomic E-state index is 11.6. The van der Waals surface area contributed by atoms with Crippen LogP contribution < -0.4 is 5.32 Å². The molecule has 0 amide bonds. The summed E-state index contributed by atoms with van der Waals surface area (Å²) in [6.45, 7) is 8.37. The molecule has 19 heavy (non-hydrogen) atoms. The van der Waals surface area contributed by atoms with E-state index in [2.05, 4.69) is 10.3 Å². The van der Waals surface area contributed by atoms with Crippen LogP contribution in [0.1, 0.15) is 32.2 Å². The summed E-state index contributed by atoms with van der Waals surface area (Å²) in [6, 6.07) is 0. The van der Waals surface area contributed by atoms with Crippen molar-refractivity contribution < 1.29 is 9.53 Å². The predicted octanol–water partition coefficient (Wildman–Crippen LogP) is 2.14. The summed E-state index contributed by atoms with van der Waals surface area (Å²) < 4.78 is 7.28. The minimum Gasteiger partial charge on any atom is -0.459 e. The number of rotatable bonds is 4. The van der Waals surface area contributed by atoms with E-state index in [0.717, 1.165) is 16.3 Å². The third kappa shape index (κ3) is 3.54. The molecular formula is C13H19N3O2S. The number of esters is 1. The molecule has 0 atom stereocenters. The van der Waals surface area contributed by atoms with Crippen LogP contribution in [0, 0.1) is 6.92 Å². The quantitative estimate of drug-likeness (QED) is 0.872. The first-order valence-electron chi connectivity index (χ1n) is 6.20. The number of aromatic nitrogens is 2. The van der Waals surface area contributed by atoms with Gasteiger partial charge in [-0.05, 0) is 27.7 Å². The Morgan fingerprint density at radius 1 is 1.53 bits per heavy atom. The number of hydrogen-bond donors (Lipinski definition) is 1. The van der Waals surface area contributed by atoms with Crippen LogP contribution in [0.5, 0.6) is 0 Å². The second-order valence-electron chi connectivity index (χ2n) is 5.39. The van der Waals surface area contributed by atoms with Gasteiger partial charge in [0.25, 0.3) is 0 Å². The SMILES string of the molecule is Cc1nc2sccn2c1CNCC(=O)OC(C)(C)C. The lowest BCUT2D eigenvalue weighted by Crippen LogP contribution is -2.31. The number of hydrogen-bond acceptors (Lipinski definition) is 5. The fraction of sp³-hybridized carbons (Fsp3) is 0.538. The van der Waals surface area contributed by atoms with Crippen molar-refractivity contribution in [3.05, 3.63) is 23.0 Å². The highest BCUT2D eigenvalue weighted by Crippen LogP contribution is 2.16. The minimum atomic E-state index is -0.439. The second kappa shape index (κ2) is 5.30. The Bertz CT molecular complexity index is 580. The van der Waals surface area contributed by atoms with Gasteiger partial charge in [0.05, 0.1) is 17.9 Å². The molecule has 6 heteroatoms. The molecule has 2 heterocycles. The molecule has 0 aliphatic carbocycles. The smallest absolute Gasteiger partial charge is 0.320 e. The Kier molecular flexibility index (Phi) is 3.91. The molecule has 1 N–H and O–H groups in total.